The van der Waals surface area contributed by atoms with Gasteiger partial charge in [-0.3, -0.25) is 4.98 Å². The van der Waals surface area contributed by atoms with Crippen LogP contribution in [0.5, 0.6) is 5.75 Å². The fourth-order valence-corrected chi connectivity index (χ4v) is 2.35. The van der Waals surface area contributed by atoms with Crippen molar-refractivity contribution in [1.29, 1.82) is 0 Å². The Balaban J connectivity index is 2.45. The highest BCUT2D eigenvalue weighted by atomic mass is 19.1. The van der Waals surface area contributed by atoms with Crippen LogP contribution in [0.2, 0.25) is 0 Å². The number of methoxy groups -OCH3 is 1. The van der Waals surface area contributed by atoms with Gasteiger partial charge in [-0.15, -0.1) is 0 Å². The van der Waals surface area contributed by atoms with E-state index in [1.807, 2.05) is 6.92 Å². The van der Waals surface area contributed by atoms with E-state index in [-0.39, 0.29) is 17.6 Å². The first-order valence-electron chi connectivity index (χ1n) is 7.17. The van der Waals surface area contributed by atoms with Crippen LogP contribution in [0.15, 0.2) is 18.2 Å². The third kappa shape index (κ3) is 3.42. The van der Waals surface area contributed by atoms with Crippen molar-refractivity contribution in [2.24, 2.45) is 5.73 Å². The van der Waals surface area contributed by atoms with E-state index in [4.69, 9.17) is 10.5 Å². The van der Waals surface area contributed by atoms with Crippen LogP contribution in [-0.2, 0) is 0 Å². The normalized spacial score (nSPS) is 12.4. The predicted octanol–water partition coefficient (Wildman–Crippen LogP) is 3.23. The third-order valence-corrected chi connectivity index (χ3v) is 3.48. The minimum atomic E-state index is -0.375. The van der Waals surface area contributed by atoms with E-state index in [9.17, 15) is 4.39 Å². The Hall–Kier alpha value is -1.88. The molecule has 0 bridgehead atoms. The molecule has 0 aliphatic heterocycles. The molecule has 5 heteroatoms. The van der Waals surface area contributed by atoms with Gasteiger partial charge < -0.3 is 15.8 Å². The van der Waals surface area contributed by atoms with Gasteiger partial charge in [0.2, 0.25) is 0 Å². The molecule has 1 aromatic heterocycles. The average molecular weight is 291 g/mol. The molecule has 1 unspecified atom stereocenters. The topological polar surface area (TPSA) is 60.2 Å². The highest BCUT2D eigenvalue weighted by Crippen LogP contribution is 2.32. The first kappa shape index (κ1) is 15.5. The quantitative estimate of drug-likeness (QED) is 0.858. The zero-order valence-electron chi connectivity index (χ0n) is 12.7. The fraction of sp³-hybridized carbons (Fsp3) is 0.438. The summed E-state index contributed by atoms with van der Waals surface area (Å²) in [5.74, 6) is -0.151. The Morgan fingerprint density at radius 2 is 2.19 bits per heavy atom. The molecule has 4 nitrogen and oxygen atoms in total. The minimum Gasteiger partial charge on any atom is -0.494 e. The van der Waals surface area contributed by atoms with Gasteiger partial charge in [-0.2, -0.15) is 0 Å². The Labute approximate surface area is 124 Å². The molecule has 0 spiro atoms. The molecule has 1 atom stereocenters. The molecule has 2 aromatic rings. The van der Waals surface area contributed by atoms with Crippen LogP contribution in [0.4, 0.5) is 10.1 Å². The zero-order valence-corrected chi connectivity index (χ0v) is 12.7. The Morgan fingerprint density at radius 1 is 1.43 bits per heavy atom. The van der Waals surface area contributed by atoms with Crippen LogP contribution in [0.25, 0.3) is 10.9 Å². The number of hydrogen-bond donors (Lipinski definition) is 2. The molecule has 3 N–H and O–H groups in total. The van der Waals surface area contributed by atoms with Gasteiger partial charge in [0.05, 0.1) is 18.3 Å². The van der Waals surface area contributed by atoms with E-state index in [2.05, 4.69) is 17.2 Å². The molecular weight excluding hydrogens is 269 g/mol. The summed E-state index contributed by atoms with van der Waals surface area (Å²) < 4.78 is 19.4. The lowest BCUT2D eigenvalue weighted by atomic mass is 10.1. The maximum atomic E-state index is 14.3. The number of nitrogens with one attached hydrogen (secondary N) is 1. The van der Waals surface area contributed by atoms with Gasteiger partial charge in [-0.25, -0.2) is 4.39 Å². The van der Waals surface area contributed by atoms with Gasteiger partial charge in [0, 0.05) is 23.2 Å². The zero-order chi connectivity index (χ0) is 15.4. The number of nitrogens with zero attached hydrogens (tertiary/aromatic N) is 1. The number of pyridine rings is 1. The molecule has 0 radical (unpaired) electrons. The molecule has 0 saturated heterocycles. The molecule has 0 aliphatic carbocycles. The van der Waals surface area contributed by atoms with Crippen molar-refractivity contribution in [2.75, 3.05) is 19.0 Å². The van der Waals surface area contributed by atoms with E-state index in [1.165, 1.54) is 7.11 Å². The Bertz CT molecular complexity index is 630. The van der Waals surface area contributed by atoms with Crippen LogP contribution in [-0.4, -0.2) is 24.7 Å². The third-order valence-electron chi connectivity index (χ3n) is 3.48. The summed E-state index contributed by atoms with van der Waals surface area (Å²) >= 11 is 0. The van der Waals surface area contributed by atoms with Gasteiger partial charge in [-0.1, -0.05) is 0 Å². The number of ether oxygens (including phenoxy) is 1. The highest BCUT2D eigenvalue weighted by molar-refractivity contribution is 5.92. The van der Waals surface area contributed by atoms with Gasteiger partial charge in [0.25, 0.3) is 0 Å². The maximum absolute atomic E-state index is 14.3. The predicted molar refractivity (Wildman–Crippen MR) is 84.4 cm³/mol. The van der Waals surface area contributed by atoms with E-state index < -0.39 is 0 Å². The van der Waals surface area contributed by atoms with Crippen molar-refractivity contribution >= 4 is 16.6 Å². The number of anilines is 1. The second-order valence-electron chi connectivity index (χ2n) is 5.27. The Morgan fingerprint density at radius 3 is 2.86 bits per heavy atom. The number of fused-ring (bicyclic) bond motifs is 1. The second-order valence-corrected chi connectivity index (χ2v) is 5.27. The molecule has 2 rings (SSSR count). The Kier molecular flexibility index (Phi) is 4.96. The van der Waals surface area contributed by atoms with Gasteiger partial charge >= 0.3 is 0 Å². The molecule has 0 aliphatic rings. The fourth-order valence-electron chi connectivity index (χ4n) is 2.35. The number of nitrogens with two attached hydrogens (primary N) is 1. The van der Waals surface area contributed by atoms with Crippen molar-refractivity contribution < 1.29 is 9.13 Å². The average Bonchev–Trinajstić information content (AvgIpc) is 2.47. The second kappa shape index (κ2) is 6.72. The minimum absolute atomic E-state index is 0.224. The number of aryl methyl sites for hydroxylation is 1. The molecular formula is C16H22FN3O. The summed E-state index contributed by atoms with van der Waals surface area (Å²) in [6.07, 6.45) is 1.89. The SMILES string of the molecule is COc1cc(NC(C)CCCN)c2nc(C)ccc2c1F. The summed E-state index contributed by atoms with van der Waals surface area (Å²) in [5.41, 5.74) is 7.81. The monoisotopic (exact) mass is 291 g/mol. The maximum Gasteiger partial charge on any atom is 0.174 e. The van der Waals surface area contributed by atoms with Crippen molar-refractivity contribution in [2.45, 2.75) is 32.7 Å². The number of hydrogen-bond acceptors (Lipinski definition) is 4. The summed E-state index contributed by atoms with van der Waals surface area (Å²) in [5, 5.41) is 3.85. The highest BCUT2D eigenvalue weighted by Gasteiger charge is 2.15. The molecule has 114 valence electrons. The number of benzene rings is 1. The van der Waals surface area contributed by atoms with Crippen LogP contribution < -0.4 is 15.8 Å². The van der Waals surface area contributed by atoms with Gasteiger partial charge in [0.1, 0.15) is 0 Å². The number of rotatable bonds is 6. The van der Waals surface area contributed by atoms with Gasteiger partial charge in [-0.05, 0) is 45.4 Å². The molecule has 0 fully saturated rings. The van der Waals surface area contributed by atoms with E-state index in [0.717, 1.165) is 24.2 Å². The summed E-state index contributed by atoms with van der Waals surface area (Å²) in [6.45, 7) is 4.63. The summed E-state index contributed by atoms with van der Waals surface area (Å²) in [6, 6.07) is 5.44. The van der Waals surface area contributed by atoms with E-state index in [1.54, 1.807) is 18.2 Å². The van der Waals surface area contributed by atoms with Crippen molar-refractivity contribution in [3.05, 3.63) is 29.7 Å². The van der Waals surface area contributed by atoms with E-state index in [0.29, 0.717) is 17.4 Å². The van der Waals surface area contributed by atoms with Crippen LogP contribution in [0.3, 0.4) is 0 Å². The molecule has 1 aromatic carbocycles. The lowest BCUT2D eigenvalue weighted by Gasteiger charge is -2.18. The van der Waals surface area contributed by atoms with Crippen LogP contribution in [0, 0.1) is 12.7 Å². The molecule has 0 saturated carbocycles. The molecule has 0 amide bonds. The lowest BCUT2D eigenvalue weighted by Crippen LogP contribution is -2.17. The smallest absolute Gasteiger partial charge is 0.174 e. The van der Waals surface area contributed by atoms with Crippen LogP contribution in [0.1, 0.15) is 25.5 Å². The molecule has 1 heterocycles. The van der Waals surface area contributed by atoms with E-state index >= 15 is 0 Å². The van der Waals surface area contributed by atoms with Crippen molar-refractivity contribution in [3.63, 3.8) is 0 Å². The standard InChI is InChI=1S/C16H22FN3O/c1-10(5-4-8-18)19-13-9-14(21-3)15(17)12-7-6-11(2)20-16(12)13/h6-7,9-10,19H,4-5,8,18H2,1-3H3. The summed E-state index contributed by atoms with van der Waals surface area (Å²) in [4.78, 5) is 4.46. The number of aromatic nitrogens is 1. The first-order chi connectivity index (χ1) is 10.1. The van der Waals surface area contributed by atoms with Crippen molar-refractivity contribution in [1.82, 2.24) is 4.98 Å². The number of halogens is 1. The first-order valence-corrected chi connectivity index (χ1v) is 7.17. The lowest BCUT2D eigenvalue weighted by molar-refractivity contribution is 0.389. The largest absolute Gasteiger partial charge is 0.494 e. The summed E-state index contributed by atoms with van der Waals surface area (Å²) in [7, 11) is 1.47. The van der Waals surface area contributed by atoms with Gasteiger partial charge in [0.15, 0.2) is 11.6 Å². The van der Waals surface area contributed by atoms with Crippen LogP contribution >= 0.6 is 0 Å². The molecule has 21 heavy (non-hydrogen) atoms. The van der Waals surface area contributed by atoms with Crippen molar-refractivity contribution in [3.8, 4) is 5.75 Å².